The highest BCUT2D eigenvalue weighted by molar-refractivity contribution is 9.10. The third-order valence-electron chi connectivity index (χ3n) is 3.27. The number of hydrogen-bond donors (Lipinski definition) is 1. The number of rotatable bonds is 3. The first kappa shape index (κ1) is 16.9. The summed E-state index contributed by atoms with van der Waals surface area (Å²) in [4.78, 5) is 12.3. The lowest BCUT2D eigenvalue weighted by atomic mass is 10.1. The maximum absolute atomic E-state index is 13.1. The molecule has 2 heterocycles. The molecule has 0 spiro atoms. The van der Waals surface area contributed by atoms with E-state index < -0.39 is 30.1 Å². The van der Waals surface area contributed by atoms with Crippen LogP contribution in [0.15, 0.2) is 22.0 Å². The fraction of sp³-hybridized carbons (Fsp3) is 0.583. The lowest BCUT2D eigenvalue weighted by molar-refractivity contribution is -0.303. The van der Waals surface area contributed by atoms with Crippen LogP contribution >= 0.6 is 15.9 Å². The Hall–Kier alpha value is -1.42. The highest BCUT2D eigenvalue weighted by atomic mass is 79.9. The van der Waals surface area contributed by atoms with Crippen molar-refractivity contribution in [2.45, 2.75) is 38.7 Å². The Morgan fingerprint density at radius 2 is 2.23 bits per heavy atom. The number of carbonyl (C=O) groups excluding carboxylic acids is 1. The average molecular weight is 383 g/mol. The normalized spacial score (nSPS) is 23.6. The second-order valence-electron chi connectivity index (χ2n) is 5.26. The maximum atomic E-state index is 13.1. The molecule has 1 aromatic rings. The predicted molar refractivity (Wildman–Crippen MR) is 74.7 cm³/mol. The minimum atomic E-state index is -4.99. The first-order valence-corrected chi connectivity index (χ1v) is 7.19. The van der Waals surface area contributed by atoms with Crippen LogP contribution in [0.4, 0.5) is 13.2 Å². The van der Waals surface area contributed by atoms with Crippen molar-refractivity contribution < 1.29 is 23.1 Å². The van der Waals surface area contributed by atoms with E-state index in [9.17, 15) is 23.1 Å². The Balaban J connectivity index is 2.19. The summed E-state index contributed by atoms with van der Waals surface area (Å²) in [5, 5.41) is 17.5. The van der Waals surface area contributed by atoms with Crippen LogP contribution in [0, 0.1) is 5.92 Å². The third kappa shape index (κ3) is 3.02. The molecule has 1 aliphatic rings. The van der Waals surface area contributed by atoms with Crippen molar-refractivity contribution in [2.75, 3.05) is 0 Å². The number of aliphatic hydroxyl groups is 1. The van der Waals surface area contributed by atoms with Crippen LogP contribution < -0.4 is 0 Å². The van der Waals surface area contributed by atoms with Gasteiger partial charge in [-0.05, 0) is 22.9 Å². The summed E-state index contributed by atoms with van der Waals surface area (Å²) in [5.41, 5.74) is -3.24. The Kier molecular flexibility index (Phi) is 4.35. The van der Waals surface area contributed by atoms with Gasteiger partial charge in [0.1, 0.15) is 0 Å². The van der Waals surface area contributed by atoms with Gasteiger partial charge in [0.25, 0.3) is 5.72 Å². The molecule has 22 heavy (non-hydrogen) atoms. The number of halogens is 4. The first-order valence-electron chi connectivity index (χ1n) is 6.40. The summed E-state index contributed by atoms with van der Waals surface area (Å²) in [6.07, 6.45) is -2.64. The molecule has 0 saturated heterocycles. The number of aromatic nitrogens is 2. The maximum Gasteiger partial charge on any atom is 0.438 e. The third-order valence-corrected chi connectivity index (χ3v) is 3.68. The van der Waals surface area contributed by atoms with Gasteiger partial charge in [-0.2, -0.15) is 28.4 Å². The zero-order chi connectivity index (χ0) is 16.7. The van der Waals surface area contributed by atoms with Crippen molar-refractivity contribution in [1.29, 1.82) is 0 Å². The van der Waals surface area contributed by atoms with Crippen LogP contribution in [0.5, 0.6) is 0 Å². The monoisotopic (exact) mass is 382 g/mol. The summed E-state index contributed by atoms with van der Waals surface area (Å²) in [5.74, 6) is -1.75. The molecule has 0 unspecified atom stereocenters. The molecular formula is C12H14BrF3N4O2. The van der Waals surface area contributed by atoms with Crippen molar-refractivity contribution in [2.24, 2.45) is 11.0 Å². The van der Waals surface area contributed by atoms with Gasteiger partial charge >= 0.3 is 6.18 Å². The Morgan fingerprint density at radius 1 is 1.59 bits per heavy atom. The average Bonchev–Trinajstić information content (AvgIpc) is 2.92. The molecular weight excluding hydrogens is 369 g/mol. The van der Waals surface area contributed by atoms with Gasteiger partial charge in [-0.1, -0.05) is 6.92 Å². The van der Waals surface area contributed by atoms with Gasteiger partial charge in [0, 0.05) is 18.3 Å². The SMILES string of the molecule is CC1=NN(C(=O)[C@H](C)Cn2cc(Br)cn2)[C@](O)(C(F)(F)F)C1. The van der Waals surface area contributed by atoms with E-state index in [0.717, 1.165) is 0 Å². The lowest BCUT2D eigenvalue weighted by Crippen LogP contribution is -2.57. The van der Waals surface area contributed by atoms with E-state index in [1.807, 2.05) is 0 Å². The van der Waals surface area contributed by atoms with Crippen molar-refractivity contribution in [1.82, 2.24) is 14.8 Å². The van der Waals surface area contributed by atoms with Gasteiger partial charge < -0.3 is 5.11 Å². The van der Waals surface area contributed by atoms with Gasteiger partial charge in [0.2, 0.25) is 5.91 Å². The molecule has 6 nitrogen and oxygen atoms in total. The molecule has 0 bridgehead atoms. The standard InChI is InChI=1S/C12H14BrF3N4O2/c1-7(5-19-6-9(13)4-17-19)10(21)20-11(22,12(14,15)16)3-8(2)18-20/h4,6-7,22H,3,5H2,1-2H3/t7-,11-/m1/s1. The highest BCUT2D eigenvalue weighted by Crippen LogP contribution is 2.40. The van der Waals surface area contributed by atoms with Crippen molar-refractivity contribution >= 4 is 27.5 Å². The summed E-state index contributed by atoms with van der Waals surface area (Å²) < 4.78 is 41.4. The predicted octanol–water partition coefficient (Wildman–Crippen LogP) is 2.14. The first-order chi connectivity index (χ1) is 10.0. The van der Waals surface area contributed by atoms with E-state index >= 15 is 0 Å². The Morgan fingerprint density at radius 3 is 2.73 bits per heavy atom. The van der Waals surface area contributed by atoms with Crippen LogP contribution in [0.25, 0.3) is 0 Å². The van der Waals surface area contributed by atoms with Gasteiger partial charge in [0.05, 0.1) is 23.1 Å². The summed E-state index contributed by atoms with van der Waals surface area (Å²) >= 11 is 3.19. The molecule has 1 aliphatic heterocycles. The molecule has 10 heteroatoms. The second-order valence-corrected chi connectivity index (χ2v) is 6.17. The number of hydrogen-bond acceptors (Lipinski definition) is 4. The van der Waals surface area contributed by atoms with Gasteiger partial charge in [-0.25, -0.2) is 0 Å². The molecule has 1 N–H and O–H groups in total. The molecule has 0 aliphatic carbocycles. The number of alkyl halides is 3. The highest BCUT2D eigenvalue weighted by Gasteiger charge is 2.62. The quantitative estimate of drug-likeness (QED) is 0.870. The summed E-state index contributed by atoms with van der Waals surface area (Å²) in [6.45, 7) is 2.86. The fourth-order valence-electron chi connectivity index (χ4n) is 2.18. The summed E-state index contributed by atoms with van der Waals surface area (Å²) in [6, 6.07) is 0. The Labute approximate surface area is 132 Å². The van der Waals surface area contributed by atoms with E-state index in [0.29, 0.717) is 4.47 Å². The molecule has 2 rings (SSSR count). The molecule has 122 valence electrons. The number of carbonyl (C=O) groups is 1. The van der Waals surface area contributed by atoms with Crippen molar-refractivity contribution in [3.05, 3.63) is 16.9 Å². The van der Waals surface area contributed by atoms with E-state index in [1.165, 1.54) is 24.7 Å². The van der Waals surface area contributed by atoms with E-state index in [1.54, 1.807) is 6.20 Å². The molecule has 0 aromatic carbocycles. The van der Waals surface area contributed by atoms with Crippen LogP contribution in [-0.4, -0.2) is 43.4 Å². The van der Waals surface area contributed by atoms with Crippen LogP contribution in [0.3, 0.4) is 0 Å². The molecule has 2 atom stereocenters. The molecule has 0 radical (unpaired) electrons. The number of nitrogens with zero attached hydrogens (tertiary/aromatic N) is 4. The topological polar surface area (TPSA) is 70.7 Å². The van der Waals surface area contributed by atoms with Gasteiger partial charge in [-0.3, -0.25) is 9.48 Å². The van der Waals surface area contributed by atoms with Gasteiger partial charge in [-0.15, -0.1) is 0 Å². The zero-order valence-electron chi connectivity index (χ0n) is 11.8. The second kappa shape index (κ2) is 5.65. The van der Waals surface area contributed by atoms with Crippen LogP contribution in [0.1, 0.15) is 20.3 Å². The van der Waals surface area contributed by atoms with E-state index in [-0.39, 0.29) is 17.3 Å². The van der Waals surface area contributed by atoms with Crippen LogP contribution in [-0.2, 0) is 11.3 Å². The number of hydrazone groups is 1. The fourth-order valence-corrected chi connectivity index (χ4v) is 2.51. The molecule has 1 amide bonds. The van der Waals surface area contributed by atoms with Crippen LogP contribution in [0.2, 0.25) is 0 Å². The summed E-state index contributed by atoms with van der Waals surface area (Å²) in [7, 11) is 0. The molecule has 0 fully saturated rings. The van der Waals surface area contributed by atoms with Gasteiger partial charge in [0.15, 0.2) is 0 Å². The smallest absolute Gasteiger partial charge is 0.362 e. The zero-order valence-corrected chi connectivity index (χ0v) is 13.4. The van der Waals surface area contributed by atoms with E-state index in [2.05, 4.69) is 26.1 Å². The minimum absolute atomic E-state index is 0.0437. The minimum Gasteiger partial charge on any atom is -0.362 e. The van der Waals surface area contributed by atoms with Crippen molar-refractivity contribution in [3.63, 3.8) is 0 Å². The molecule has 1 aromatic heterocycles. The van der Waals surface area contributed by atoms with Crippen molar-refractivity contribution in [3.8, 4) is 0 Å². The molecule has 0 saturated carbocycles. The largest absolute Gasteiger partial charge is 0.438 e. The van der Waals surface area contributed by atoms with E-state index in [4.69, 9.17) is 0 Å². The number of amides is 1. The Bertz CT molecular complexity index is 616. The lowest BCUT2D eigenvalue weighted by Gasteiger charge is -2.33.